The largest absolute Gasteiger partial charge is 0.477 e. The van der Waals surface area contributed by atoms with Crippen molar-refractivity contribution in [3.63, 3.8) is 0 Å². The smallest absolute Gasteiger partial charge is 0.278 e. The Morgan fingerprint density at radius 1 is 1.33 bits per heavy atom. The van der Waals surface area contributed by atoms with Crippen LogP contribution in [0.25, 0.3) is 0 Å². The number of methoxy groups -OCH3 is 1. The van der Waals surface area contributed by atoms with Gasteiger partial charge in [-0.1, -0.05) is 11.6 Å². The second-order valence-corrected chi connectivity index (χ2v) is 5.68. The van der Waals surface area contributed by atoms with Gasteiger partial charge in [-0.05, 0) is 18.2 Å². The van der Waals surface area contributed by atoms with Crippen molar-refractivity contribution in [3.8, 4) is 11.8 Å². The van der Waals surface area contributed by atoms with Crippen LogP contribution in [0.3, 0.4) is 0 Å². The highest BCUT2D eigenvalue weighted by atomic mass is 35.5. The van der Waals surface area contributed by atoms with Crippen LogP contribution in [0.4, 0.5) is 4.39 Å². The van der Waals surface area contributed by atoms with Gasteiger partial charge in [0.25, 0.3) is 17.7 Å². The molecule has 0 bridgehead atoms. The van der Waals surface area contributed by atoms with Crippen LogP contribution in [0.1, 0.15) is 16.8 Å². The van der Waals surface area contributed by atoms with Crippen LogP contribution >= 0.6 is 11.6 Å². The van der Waals surface area contributed by atoms with Crippen molar-refractivity contribution in [2.75, 3.05) is 20.2 Å². The first-order valence-corrected chi connectivity index (χ1v) is 7.72. The summed E-state index contributed by atoms with van der Waals surface area (Å²) >= 11 is 5.95. The Morgan fingerprint density at radius 2 is 2.08 bits per heavy atom. The molecule has 0 unspecified atom stereocenters. The van der Waals surface area contributed by atoms with Crippen LogP contribution < -0.4 is 9.47 Å². The Hall–Kier alpha value is -2.41. The van der Waals surface area contributed by atoms with E-state index in [2.05, 4.69) is 9.97 Å². The predicted octanol–water partition coefficient (Wildman–Crippen LogP) is 2.57. The van der Waals surface area contributed by atoms with Gasteiger partial charge in [-0.15, -0.1) is 0 Å². The molecule has 1 aromatic carbocycles. The van der Waals surface area contributed by atoms with Crippen molar-refractivity contribution < 1.29 is 18.7 Å². The standard InChI is InChI=1S/C16H15ClFN3O3/c1-23-14-15(20-6-5-19-14)24-11-4-7-21(9-11)16(22)12-3-2-10(18)8-13(12)17/h2-3,5-6,8,11H,4,7,9H2,1H3/t11-/m1/s1. The van der Waals surface area contributed by atoms with Gasteiger partial charge >= 0.3 is 0 Å². The lowest BCUT2D eigenvalue weighted by molar-refractivity contribution is 0.0770. The van der Waals surface area contributed by atoms with E-state index < -0.39 is 5.82 Å². The molecule has 2 aromatic rings. The zero-order valence-electron chi connectivity index (χ0n) is 12.9. The number of rotatable bonds is 4. The van der Waals surface area contributed by atoms with Crippen molar-refractivity contribution in [1.82, 2.24) is 14.9 Å². The maximum atomic E-state index is 13.1. The zero-order chi connectivity index (χ0) is 17.1. The van der Waals surface area contributed by atoms with Gasteiger partial charge in [0.15, 0.2) is 0 Å². The Morgan fingerprint density at radius 3 is 2.79 bits per heavy atom. The average molecular weight is 352 g/mol. The Labute approximate surface area is 143 Å². The van der Waals surface area contributed by atoms with E-state index in [1.54, 1.807) is 4.90 Å². The van der Waals surface area contributed by atoms with Crippen molar-refractivity contribution >= 4 is 17.5 Å². The van der Waals surface area contributed by atoms with Crippen LogP contribution in [0, 0.1) is 5.82 Å². The number of likely N-dealkylation sites (tertiary alicyclic amines) is 1. The maximum Gasteiger partial charge on any atom is 0.278 e. The number of aromatic nitrogens is 2. The lowest BCUT2D eigenvalue weighted by Gasteiger charge is -2.18. The predicted molar refractivity (Wildman–Crippen MR) is 84.9 cm³/mol. The summed E-state index contributed by atoms with van der Waals surface area (Å²) in [6, 6.07) is 3.73. The average Bonchev–Trinajstić information content (AvgIpc) is 3.03. The molecule has 2 heterocycles. The first-order valence-electron chi connectivity index (χ1n) is 7.34. The van der Waals surface area contributed by atoms with Gasteiger partial charge in [-0.3, -0.25) is 4.79 Å². The molecular formula is C16H15ClFN3O3. The molecule has 0 spiro atoms. The van der Waals surface area contributed by atoms with Crippen molar-refractivity contribution in [2.24, 2.45) is 0 Å². The fourth-order valence-electron chi connectivity index (χ4n) is 2.53. The van der Waals surface area contributed by atoms with E-state index in [9.17, 15) is 9.18 Å². The molecule has 1 aromatic heterocycles. The van der Waals surface area contributed by atoms with Gasteiger partial charge in [0.2, 0.25) is 0 Å². The number of nitrogens with zero attached hydrogens (tertiary/aromatic N) is 3. The number of ether oxygens (including phenoxy) is 2. The lowest BCUT2D eigenvalue weighted by Crippen LogP contribution is -2.31. The normalized spacial score (nSPS) is 17.0. The van der Waals surface area contributed by atoms with Gasteiger partial charge in [0.05, 0.1) is 24.2 Å². The molecule has 6 nitrogen and oxygen atoms in total. The third-order valence-electron chi connectivity index (χ3n) is 3.70. The van der Waals surface area contributed by atoms with Gasteiger partial charge in [-0.25, -0.2) is 14.4 Å². The number of hydrogen-bond donors (Lipinski definition) is 0. The minimum Gasteiger partial charge on any atom is -0.477 e. The van der Waals surface area contributed by atoms with Gasteiger partial charge in [-0.2, -0.15) is 0 Å². The molecule has 1 amide bonds. The Bertz CT molecular complexity index is 759. The van der Waals surface area contributed by atoms with E-state index in [-0.39, 0.29) is 22.6 Å². The molecule has 0 saturated carbocycles. The zero-order valence-corrected chi connectivity index (χ0v) is 13.7. The Balaban J connectivity index is 1.68. The van der Waals surface area contributed by atoms with Crippen LogP contribution in [0.2, 0.25) is 5.02 Å². The van der Waals surface area contributed by atoms with Crippen LogP contribution in [0.15, 0.2) is 30.6 Å². The number of carbonyl (C=O) groups is 1. The third kappa shape index (κ3) is 3.41. The molecule has 1 aliphatic heterocycles. The van der Waals surface area contributed by atoms with Crippen molar-refractivity contribution in [3.05, 3.63) is 47.0 Å². The summed E-state index contributed by atoms with van der Waals surface area (Å²) < 4.78 is 24.0. The molecule has 1 atom stereocenters. The first kappa shape index (κ1) is 16.4. The quantitative estimate of drug-likeness (QED) is 0.847. The molecule has 3 rings (SSSR count). The summed E-state index contributed by atoms with van der Waals surface area (Å²) in [5.41, 5.74) is 0.274. The van der Waals surface area contributed by atoms with Crippen LogP contribution in [0.5, 0.6) is 11.8 Å². The second kappa shape index (κ2) is 7.00. The van der Waals surface area contributed by atoms with Crippen molar-refractivity contribution in [1.29, 1.82) is 0 Å². The summed E-state index contributed by atoms with van der Waals surface area (Å²) in [7, 11) is 1.48. The molecule has 0 radical (unpaired) electrons. The molecule has 1 aliphatic rings. The summed E-state index contributed by atoms with van der Waals surface area (Å²) in [6.07, 6.45) is 3.43. The topological polar surface area (TPSA) is 64.6 Å². The van der Waals surface area contributed by atoms with E-state index in [0.717, 1.165) is 6.07 Å². The van der Waals surface area contributed by atoms with E-state index in [1.807, 2.05) is 0 Å². The molecule has 1 saturated heterocycles. The molecule has 24 heavy (non-hydrogen) atoms. The summed E-state index contributed by atoms with van der Waals surface area (Å²) in [5, 5.41) is 0.0972. The van der Waals surface area contributed by atoms with E-state index >= 15 is 0 Å². The number of benzene rings is 1. The number of amides is 1. The van der Waals surface area contributed by atoms with Gasteiger partial charge in [0.1, 0.15) is 11.9 Å². The van der Waals surface area contributed by atoms with Crippen LogP contribution in [-0.2, 0) is 0 Å². The van der Waals surface area contributed by atoms with E-state index in [1.165, 1.54) is 31.6 Å². The molecule has 0 aliphatic carbocycles. The fraction of sp³-hybridized carbons (Fsp3) is 0.312. The summed E-state index contributed by atoms with van der Waals surface area (Å²) in [4.78, 5) is 22.2. The third-order valence-corrected chi connectivity index (χ3v) is 4.01. The highest BCUT2D eigenvalue weighted by Gasteiger charge is 2.30. The SMILES string of the molecule is COc1nccnc1O[C@@H]1CCN(C(=O)c2ccc(F)cc2Cl)C1. The number of halogens is 2. The highest BCUT2D eigenvalue weighted by molar-refractivity contribution is 6.33. The fourth-order valence-corrected chi connectivity index (χ4v) is 2.78. The molecule has 1 fully saturated rings. The molecular weight excluding hydrogens is 337 g/mol. The van der Waals surface area contributed by atoms with Gasteiger partial charge in [0, 0.05) is 25.4 Å². The van der Waals surface area contributed by atoms with Crippen LogP contribution in [-0.4, -0.2) is 47.1 Å². The minimum atomic E-state index is -0.478. The maximum absolute atomic E-state index is 13.1. The molecule has 126 valence electrons. The Kier molecular flexibility index (Phi) is 4.80. The minimum absolute atomic E-state index is 0.0972. The van der Waals surface area contributed by atoms with Gasteiger partial charge < -0.3 is 14.4 Å². The van der Waals surface area contributed by atoms with Crippen molar-refractivity contribution in [2.45, 2.75) is 12.5 Å². The lowest BCUT2D eigenvalue weighted by atomic mass is 10.2. The molecule has 8 heteroatoms. The first-order chi connectivity index (χ1) is 11.6. The van der Waals surface area contributed by atoms with E-state index in [0.29, 0.717) is 31.3 Å². The summed E-state index contributed by atoms with van der Waals surface area (Å²) in [5.74, 6) is -0.144. The summed E-state index contributed by atoms with van der Waals surface area (Å²) in [6.45, 7) is 0.895. The van der Waals surface area contributed by atoms with E-state index in [4.69, 9.17) is 21.1 Å². The number of hydrogen-bond acceptors (Lipinski definition) is 5. The number of carbonyl (C=O) groups excluding carboxylic acids is 1. The monoisotopic (exact) mass is 351 g/mol. The second-order valence-electron chi connectivity index (χ2n) is 5.27. The highest BCUT2D eigenvalue weighted by Crippen LogP contribution is 2.26. The molecule has 0 N–H and O–H groups in total.